The second-order valence-corrected chi connectivity index (χ2v) is 8.23. The third kappa shape index (κ3) is 8.30. The van der Waals surface area contributed by atoms with Gasteiger partial charge in [0.15, 0.2) is 0 Å². The summed E-state index contributed by atoms with van der Waals surface area (Å²) in [6.45, 7) is 10.8. The summed E-state index contributed by atoms with van der Waals surface area (Å²) in [6, 6.07) is 18.0. The molecular weight excluding hydrogens is 328 g/mol. The maximum Gasteiger partial charge on any atom is 0.0466 e. The summed E-state index contributed by atoms with van der Waals surface area (Å²) >= 11 is 0. The molecule has 0 heterocycles. The van der Waals surface area contributed by atoms with Gasteiger partial charge in [-0.3, -0.25) is 0 Å². The van der Waals surface area contributed by atoms with Gasteiger partial charge in [0.25, 0.3) is 0 Å². The fourth-order valence-corrected chi connectivity index (χ4v) is 3.53. The molecule has 2 aromatic carbocycles. The van der Waals surface area contributed by atoms with Crippen molar-refractivity contribution >= 4 is 0 Å². The lowest BCUT2D eigenvalue weighted by atomic mass is 9.95. The van der Waals surface area contributed by atoms with E-state index in [-0.39, 0.29) is 0 Å². The van der Waals surface area contributed by atoms with Crippen LogP contribution in [0.3, 0.4) is 0 Å². The number of hydrogen-bond acceptors (Lipinski definition) is 1. The smallest absolute Gasteiger partial charge is 0.0466 e. The molecule has 2 rings (SSSR count). The Bertz CT molecular complexity index is 569. The summed E-state index contributed by atoms with van der Waals surface area (Å²) in [4.78, 5) is 0. The third-order valence-corrected chi connectivity index (χ3v) is 5.64. The van der Waals surface area contributed by atoms with Gasteiger partial charge in [0.05, 0.1) is 0 Å². The van der Waals surface area contributed by atoms with Gasteiger partial charge in [-0.1, -0.05) is 86.3 Å². The van der Waals surface area contributed by atoms with E-state index in [9.17, 15) is 0 Å². The minimum atomic E-state index is 0.647. The average molecular weight is 367 g/mol. The fraction of sp³-hybridized carbons (Fsp3) is 0.538. The van der Waals surface area contributed by atoms with Crippen molar-refractivity contribution in [2.45, 2.75) is 78.1 Å². The van der Waals surface area contributed by atoms with Crippen LogP contribution in [0.15, 0.2) is 48.5 Å². The van der Waals surface area contributed by atoms with Gasteiger partial charge < -0.3 is 4.74 Å². The molecule has 0 saturated carbocycles. The second kappa shape index (κ2) is 12.0. The lowest BCUT2D eigenvalue weighted by molar-refractivity contribution is 0.125. The van der Waals surface area contributed by atoms with Crippen molar-refractivity contribution in [3.8, 4) is 0 Å². The summed E-state index contributed by atoms with van der Waals surface area (Å²) in [5, 5.41) is 0. The van der Waals surface area contributed by atoms with Gasteiger partial charge in [-0.2, -0.15) is 0 Å². The molecule has 0 aliphatic carbocycles. The minimum Gasteiger partial charge on any atom is -0.381 e. The first kappa shape index (κ1) is 21.7. The summed E-state index contributed by atoms with van der Waals surface area (Å²) in [7, 11) is 0. The van der Waals surface area contributed by atoms with E-state index in [0.29, 0.717) is 11.8 Å². The van der Waals surface area contributed by atoms with Crippen LogP contribution in [-0.4, -0.2) is 13.2 Å². The SMILES string of the molecule is Cc1ccc(C(C)CCCCOCCCCC(C)c2ccc(C)cc2)cc1. The highest BCUT2D eigenvalue weighted by Crippen LogP contribution is 2.23. The van der Waals surface area contributed by atoms with Crippen LogP contribution >= 0.6 is 0 Å². The topological polar surface area (TPSA) is 9.23 Å². The van der Waals surface area contributed by atoms with E-state index in [1.807, 2.05) is 0 Å². The van der Waals surface area contributed by atoms with Crippen LogP contribution in [0.4, 0.5) is 0 Å². The molecule has 1 heteroatoms. The summed E-state index contributed by atoms with van der Waals surface area (Å²) in [5.41, 5.74) is 5.61. The van der Waals surface area contributed by atoms with Crippen molar-refractivity contribution < 1.29 is 4.74 Å². The van der Waals surface area contributed by atoms with Gasteiger partial charge in [0.2, 0.25) is 0 Å². The molecule has 0 aliphatic heterocycles. The van der Waals surface area contributed by atoms with Crippen molar-refractivity contribution in [2.24, 2.45) is 0 Å². The monoisotopic (exact) mass is 366 g/mol. The highest BCUT2D eigenvalue weighted by atomic mass is 16.5. The molecule has 0 aliphatic rings. The van der Waals surface area contributed by atoms with E-state index in [4.69, 9.17) is 4.74 Å². The first-order valence-electron chi connectivity index (χ1n) is 10.8. The Labute approximate surface area is 167 Å². The highest BCUT2D eigenvalue weighted by Gasteiger charge is 2.06. The molecule has 0 radical (unpaired) electrons. The first-order valence-corrected chi connectivity index (χ1v) is 10.8. The van der Waals surface area contributed by atoms with Crippen LogP contribution in [0.2, 0.25) is 0 Å². The van der Waals surface area contributed by atoms with Crippen molar-refractivity contribution in [3.63, 3.8) is 0 Å². The van der Waals surface area contributed by atoms with E-state index >= 15 is 0 Å². The van der Waals surface area contributed by atoms with Gasteiger partial charge >= 0.3 is 0 Å². The largest absolute Gasteiger partial charge is 0.381 e. The van der Waals surface area contributed by atoms with E-state index < -0.39 is 0 Å². The van der Waals surface area contributed by atoms with E-state index in [0.717, 1.165) is 13.2 Å². The molecule has 2 unspecified atom stereocenters. The third-order valence-electron chi connectivity index (χ3n) is 5.64. The number of benzene rings is 2. The molecule has 0 N–H and O–H groups in total. The fourth-order valence-electron chi connectivity index (χ4n) is 3.53. The van der Waals surface area contributed by atoms with Crippen molar-refractivity contribution in [2.75, 3.05) is 13.2 Å². The zero-order valence-corrected chi connectivity index (χ0v) is 17.8. The number of unbranched alkanes of at least 4 members (excludes halogenated alkanes) is 2. The number of ether oxygens (including phenoxy) is 1. The lowest BCUT2D eigenvalue weighted by Crippen LogP contribution is -2.00. The van der Waals surface area contributed by atoms with E-state index in [2.05, 4.69) is 76.2 Å². The summed E-state index contributed by atoms with van der Waals surface area (Å²) in [6.07, 6.45) is 7.35. The van der Waals surface area contributed by atoms with Gasteiger partial charge in [0.1, 0.15) is 0 Å². The van der Waals surface area contributed by atoms with Crippen molar-refractivity contribution in [3.05, 3.63) is 70.8 Å². The molecule has 0 bridgehead atoms. The molecule has 0 saturated heterocycles. The van der Waals surface area contributed by atoms with Gasteiger partial charge in [0, 0.05) is 13.2 Å². The van der Waals surface area contributed by atoms with Gasteiger partial charge in [-0.05, 0) is 62.5 Å². The second-order valence-electron chi connectivity index (χ2n) is 8.23. The molecule has 2 atom stereocenters. The average Bonchev–Trinajstić information content (AvgIpc) is 2.67. The minimum absolute atomic E-state index is 0.647. The predicted molar refractivity (Wildman–Crippen MR) is 118 cm³/mol. The van der Waals surface area contributed by atoms with Gasteiger partial charge in [-0.15, -0.1) is 0 Å². The maximum atomic E-state index is 5.84. The predicted octanol–water partition coefficient (Wildman–Crippen LogP) is 7.57. The standard InChI is InChI=1S/C26H38O/c1-21-11-15-25(16-12-21)23(3)9-5-7-19-27-20-8-6-10-24(4)26-17-13-22(2)14-18-26/h11-18,23-24H,5-10,19-20H2,1-4H3. The molecule has 0 aromatic heterocycles. The zero-order valence-electron chi connectivity index (χ0n) is 17.8. The Morgan fingerprint density at radius 2 is 0.963 bits per heavy atom. The van der Waals surface area contributed by atoms with Crippen LogP contribution in [0, 0.1) is 13.8 Å². The van der Waals surface area contributed by atoms with Crippen LogP contribution in [0.25, 0.3) is 0 Å². The number of rotatable bonds is 12. The molecular formula is C26H38O. The molecule has 0 amide bonds. The molecule has 0 spiro atoms. The Hall–Kier alpha value is -1.60. The Morgan fingerprint density at radius 3 is 1.33 bits per heavy atom. The summed E-state index contributed by atoms with van der Waals surface area (Å²) in [5.74, 6) is 1.29. The Balaban J connectivity index is 1.46. The zero-order chi connectivity index (χ0) is 19.5. The maximum absolute atomic E-state index is 5.84. The quantitative estimate of drug-likeness (QED) is 0.352. The van der Waals surface area contributed by atoms with Crippen molar-refractivity contribution in [1.82, 2.24) is 0 Å². The van der Waals surface area contributed by atoms with Gasteiger partial charge in [-0.25, -0.2) is 0 Å². The Kier molecular flexibility index (Phi) is 9.62. The molecule has 0 fully saturated rings. The normalized spacial score (nSPS) is 13.5. The Morgan fingerprint density at radius 1 is 0.593 bits per heavy atom. The first-order chi connectivity index (χ1) is 13.1. The lowest BCUT2D eigenvalue weighted by Gasteiger charge is -2.13. The highest BCUT2D eigenvalue weighted by molar-refractivity contribution is 5.24. The summed E-state index contributed by atoms with van der Waals surface area (Å²) < 4.78 is 5.84. The van der Waals surface area contributed by atoms with Crippen LogP contribution in [0.1, 0.15) is 86.5 Å². The van der Waals surface area contributed by atoms with Crippen LogP contribution in [0.5, 0.6) is 0 Å². The molecule has 27 heavy (non-hydrogen) atoms. The van der Waals surface area contributed by atoms with E-state index in [1.54, 1.807) is 0 Å². The van der Waals surface area contributed by atoms with Crippen molar-refractivity contribution in [1.29, 1.82) is 0 Å². The van der Waals surface area contributed by atoms with Crippen LogP contribution < -0.4 is 0 Å². The van der Waals surface area contributed by atoms with Crippen LogP contribution in [-0.2, 0) is 4.74 Å². The molecule has 2 aromatic rings. The molecule has 1 nitrogen and oxygen atoms in total. The number of aryl methyl sites for hydroxylation is 2. The molecule has 148 valence electrons. The van der Waals surface area contributed by atoms with E-state index in [1.165, 1.54) is 60.8 Å². The number of hydrogen-bond donors (Lipinski definition) is 0.